The molecule has 1 saturated carbocycles. The van der Waals surface area contributed by atoms with Gasteiger partial charge in [-0.15, -0.1) is 0 Å². The van der Waals surface area contributed by atoms with Gasteiger partial charge in [-0.2, -0.15) is 0 Å². The molecule has 1 unspecified atom stereocenters. The third kappa shape index (κ3) is 3.12. The van der Waals surface area contributed by atoms with Crippen molar-refractivity contribution in [3.63, 3.8) is 0 Å². The second-order valence-electron chi connectivity index (χ2n) is 5.19. The molecule has 0 aromatic heterocycles. The summed E-state index contributed by atoms with van der Waals surface area (Å²) in [5, 5.41) is 3.14. The van der Waals surface area contributed by atoms with Crippen LogP contribution in [0.25, 0.3) is 0 Å². The summed E-state index contributed by atoms with van der Waals surface area (Å²) in [6.45, 7) is 0. The molecule has 1 fully saturated rings. The van der Waals surface area contributed by atoms with Crippen molar-refractivity contribution in [2.45, 2.75) is 31.2 Å². The molecule has 18 heavy (non-hydrogen) atoms. The Morgan fingerprint density at radius 1 is 1.33 bits per heavy atom. The number of hydrogen-bond acceptors (Lipinski definition) is 3. The standard InChI is InChI=1S/C14H21NO2S/c1-15-14(10-18(2,16)17)13-9-4-3-8-12(13)11-6-5-7-11/h3-4,8-9,11,14-15H,5-7,10H2,1-2H3. The van der Waals surface area contributed by atoms with Crippen LogP contribution in [0.15, 0.2) is 24.3 Å². The zero-order valence-corrected chi connectivity index (χ0v) is 11.8. The first kappa shape index (κ1) is 13.6. The van der Waals surface area contributed by atoms with Crippen LogP contribution in [-0.4, -0.2) is 27.5 Å². The third-order valence-corrected chi connectivity index (χ3v) is 4.67. The summed E-state index contributed by atoms with van der Waals surface area (Å²) in [5.41, 5.74) is 2.47. The molecule has 1 aliphatic carbocycles. The molecule has 1 atom stereocenters. The molecular weight excluding hydrogens is 246 g/mol. The summed E-state index contributed by atoms with van der Waals surface area (Å²) < 4.78 is 23.0. The fraction of sp³-hybridized carbons (Fsp3) is 0.571. The van der Waals surface area contributed by atoms with Crippen molar-refractivity contribution in [2.24, 2.45) is 0 Å². The van der Waals surface area contributed by atoms with Gasteiger partial charge in [-0.1, -0.05) is 30.7 Å². The van der Waals surface area contributed by atoms with E-state index < -0.39 is 9.84 Å². The Balaban J connectivity index is 2.29. The summed E-state index contributed by atoms with van der Waals surface area (Å²) in [5.74, 6) is 0.782. The van der Waals surface area contributed by atoms with Crippen LogP contribution in [0.2, 0.25) is 0 Å². The van der Waals surface area contributed by atoms with Gasteiger partial charge >= 0.3 is 0 Å². The second-order valence-corrected chi connectivity index (χ2v) is 7.38. The van der Waals surface area contributed by atoms with Crippen molar-refractivity contribution >= 4 is 9.84 Å². The smallest absolute Gasteiger partial charge is 0.149 e. The molecule has 1 aromatic carbocycles. The number of benzene rings is 1. The SMILES string of the molecule is CNC(CS(C)(=O)=O)c1ccccc1C1CCC1. The van der Waals surface area contributed by atoms with Crippen molar-refractivity contribution in [1.82, 2.24) is 5.32 Å². The van der Waals surface area contributed by atoms with Gasteiger partial charge in [0.2, 0.25) is 0 Å². The second kappa shape index (κ2) is 5.41. The molecule has 0 radical (unpaired) electrons. The van der Waals surface area contributed by atoms with Crippen molar-refractivity contribution in [3.8, 4) is 0 Å². The van der Waals surface area contributed by atoms with Gasteiger partial charge in [0.15, 0.2) is 0 Å². The number of nitrogens with one attached hydrogen (secondary N) is 1. The summed E-state index contributed by atoms with van der Waals surface area (Å²) in [6, 6.07) is 8.14. The molecule has 1 aromatic rings. The molecule has 0 spiro atoms. The molecule has 100 valence electrons. The van der Waals surface area contributed by atoms with Crippen LogP contribution in [0, 0.1) is 0 Å². The van der Waals surface area contributed by atoms with Crippen LogP contribution in [0.4, 0.5) is 0 Å². The van der Waals surface area contributed by atoms with Gasteiger partial charge in [0, 0.05) is 12.3 Å². The van der Waals surface area contributed by atoms with E-state index in [2.05, 4.69) is 17.4 Å². The van der Waals surface area contributed by atoms with Crippen LogP contribution < -0.4 is 5.32 Å². The molecule has 1 aliphatic rings. The molecule has 0 bridgehead atoms. The van der Waals surface area contributed by atoms with Crippen LogP contribution in [0.5, 0.6) is 0 Å². The van der Waals surface area contributed by atoms with E-state index in [0.717, 1.165) is 5.56 Å². The van der Waals surface area contributed by atoms with Gasteiger partial charge in [0.1, 0.15) is 9.84 Å². The van der Waals surface area contributed by atoms with Gasteiger partial charge in [0.05, 0.1) is 5.75 Å². The van der Waals surface area contributed by atoms with E-state index >= 15 is 0 Å². The van der Waals surface area contributed by atoms with Crippen LogP contribution in [0.3, 0.4) is 0 Å². The summed E-state index contributed by atoms with van der Waals surface area (Å²) >= 11 is 0. The highest BCUT2D eigenvalue weighted by atomic mass is 32.2. The minimum atomic E-state index is -2.98. The van der Waals surface area contributed by atoms with Gasteiger partial charge < -0.3 is 5.32 Å². The summed E-state index contributed by atoms with van der Waals surface area (Å²) in [4.78, 5) is 0. The van der Waals surface area contributed by atoms with Gasteiger partial charge in [-0.05, 0) is 36.9 Å². The topological polar surface area (TPSA) is 46.2 Å². The number of sulfone groups is 1. The van der Waals surface area contributed by atoms with Crippen molar-refractivity contribution in [3.05, 3.63) is 35.4 Å². The van der Waals surface area contributed by atoms with Gasteiger partial charge in [-0.3, -0.25) is 0 Å². The Bertz CT molecular complexity index is 506. The maximum absolute atomic E-state index is 11.5. The molecular formula is C14H21NO2S. The molecule has 0 heterocycles. The number of hydrogen-bond donors (Lipinski definition) is 1. The lowest BCUT2D eigenvalue weighted by molar-refractivity contribution is 0.414. The number of rotatable bonds is 5. The highest BCUT2D eigenvalue weighted by Gasteiger charge is 2.25. The Morgan fingerprint density at radius 3 is 2.50 bits per heavy atom. The van der Waals surface area contributed by atoms with E-state index in [1.807, 2.05) is 19.2 Å². The van der Waals surface area contributed by atoms with E-state index in [-0.39, 0.29) is 11.8 Å². The van der Waals surface area contributed by atoms with Crippen molar-refractivity contribution in [2.75, 3.05) is 19.1 Å². The molecule has 3 nitrogen and oxygen atoms in total. The molecule has 0 aliphatic heterocycles. The van der Waals surface area contributed by atoms with Gasteiger partial charge in [0.25, 0.3) is 0 Å². The lowest BCUT2D eigenvalue weighted by Crippen LogP contribution is -2.26. The van der Waals surface area contributed by atoms with Crippen molar-refractivity contribution < 1.29 is 8.42 Å². The highest BCUT2D eigenvalue weighted by molar-refractivity contribution is 7.90. The Kier molecular flexibility index (Phi) is 4.07. The Morgan fingerprint density at radius 2 is 2.00 bits per heavy atom. The van der Waals surface area contributed by atoms with Crippen LogP contribution >= 0.6 is 0 Å². The van der Waals surface area contributed by atoms with E-state index in [1.54, 1.807) is 0 Å². The lowest BCUT2D eigenvalue weighted by Gasteiger charge is -2.30. The highest BCUT2D eigenvalue weighted by Crippen LogP contribution is 2.39. The first-order valence-corrected chi connectivity index (χ1v) is 8.51. The van der Waals surface area contributed by atoms with Crippen LogP contribution in [0.1, 0.15) is 42.3 Å². The largest absolute Gasteiger partial charge is 0.312 e. The first-order valence-electron chi connectivity index (χ1n) is 6.45. The Hall–Kier alpha value is -0.870. The fourth-order valence-electron chi connectivity index (χ4n) is 2.55. The summed E-state index contributed by atoms with van der Waals surface area (Å²) in [7, 11) is -1.15. The molecule has 1 N–H and O–H groups in total. The molecule has 0 amide bonds. The van der Waals surface area contributed by atoms with Gasteiger partial charge in [-0.25, -0.2) is 8.42 Å². The molecule has 4 heteroatoms. The average Bonchev–Trinajstić information content (AvgIpc) is 2.23. The predicted molar refractivity (Wildman–Crippen MR) is 74.5 cm³/mol. The quantitative estimate of drug-likeness (QED) is 0.890. The predicted octanol–water partition coefficient (Wildman–Crippen LogP) is 2.26. The van der Waals surface area contributed by atoms with Crippen molar-refractivity contribution in [1.29, 1.82) is 0 Å². The average molecular weight is 267 g/mol. The zero-order chi connectivity index (χ0) is 13.2. The monoisotopic (exact) mass is 267 g/mol. The van der Waals surface area contributed by atoms with Crippen LogP contribution in [-0.2, 0) is 9.84 Å². The maximum atomic E-state index is 11.5. The van der Waals surface area contributed by atoms with E-state index in [0.29, 0.717) is 5.92 Å². The minimum absolute atomic E-state index is 0.100. The first-order chi connectivity index (χ1) is 8.51. The maximum Gasteiger partial charge on any atom is 0.149 e. The zero-order valence-electron chi connectivity index (χ0n) is 11.0. The molecule has 2 rings (SSSR count). The Labute approximate surface area is 110 Å². The fourth-order valence-corrected chi connectivity index (χ4v) is 3.50. The normalized spacial score (nSPS) is 18.3. The summed E-state index contributed by atoms with van der Waals surface area (Å²) in [6.07, 6.45) is 5.04. The van der Waals surface area contributed by atoms with E-state index in [9.17, 15) is 8.42 Å². The van der Waals surface area contributed by atoms with E-state index in [1.165, 1.54) is 31.1 Å². The minimum Gasteiger partial charge on any atom is -0.312 e. The molecule has 0 saturated heterocycles. The lowest BCUT2D eigenvalue weighted by atomic mass is 9.77. The van der Waals surface area contributed by atoms with E-state index in [4.69, 9.17) is 0 Å². The third-order valence-electron chi connectivity index (χ3n) is 3.73.